The summed E-state index contributed by atoms with van der Waals surface area (Å²) in [4.78, 5) is 35.4. The van der Waals surface area contributed by atoms with Gasteiger partial charge in [-0.1, -0.05) is 18.2 Å². The molecular formula is C20H21NO5S. The SMILES string of the molecule is COC(=O)c1cccc(CSCC(=O)Nc2cc(C(=O)OC)ccc2C)c1. The van der Waals surface area contributed by atoms with Crippen LogP contribution in [0.1, 0.15) is 31.8 Å². The molecule has 0 aromatic heterocycles. The number of carbonyl (C=O) groups is 3. The second-order valence-corrected chi connectivity index (χ2v) is 6.74. The van der Waals surface area contributed by atoms with Gasteiger partial charge in [0.2, 0.25) is 5.91 Å². The number of thioether (sulfide) groups is 1. The summed E-state index contributed by atoms with van der Waals surface area (Å²) < 4.78 is 9.40. The smallest absolute Gasteiger partial charge is 0.337 e. The Labute approximate surface area is 162 Å². The Hall–Kier alpha value is -2.80. The van der Waals surface area contributed by atoms with Crippen molar-refractivity contribution in [1.82, 2.24) is 0 Å². The largest absolute Gasteiger partial charge is 0.465 e. The van der Waals surface area contributed by atoms with E-state index in [0.29, 0.717) is 22.6 Å². The molecule has 1 amide bonds. The molecule has 0 atom stereocenters. The van der Waals surface area contributed by atoms with Crippen molar-refractivity contribution in [3.8, 4) is 0 Å². The van der Waals surface area contributed by atoms with Crippen LogP contribution in [-0.4, -0.2) is 37.8 Å². The highest BCUT2D eigenvalue weighted by atomic mass is 32.2. The van der Waals surface area contributed by atoms with Gasteiger partial charge in [0.15, 0.2) is 0 Å². The van der Waals surface area contributed by atoms with E-state index in [-0.39, 0.29) is 17.6 Å². The van der Waals surface area contributed by atoms with E-state index in [1.807, 2.05) is 13.0 Å². The summed E-state index contributed by atoms with van der Waals surface area (Å²) in [6.45, 7) is 1.85. The summed E-state index contributed by atoms with van der Waals surface area (Å²) in [5.74, 6) is -0.191. The van der Waals surface area contributed by atoms with E-state index in [0.717, 1.165) is 11.1 Å². The van der Waals surface area contributed by atoms with Crippen molar-refractivity contribution in [2.75, 3.05) is 25.3 Å². The molecule has 0 aliphatic carbocycles. The third kappa shape index (κ3) is 5.86. The first kappa shape index (κ1) is 20.5. The van der Waals surface area contributed by atoms with Gasteiger partial charge in [0.25, 0.3) is 0 Å². The predicted octanol–water partition coefficient (Wildman–Crippen LogP) is 3.44. The first-order valence-electron chi connectivity index (χ1n) is 8.18. The normalized spacial score (nSPS) is 10.2. The zero-order valence-corrected chi connectivity index (χ0v) is 16.2. The molecule has 0 aliphatic heterocycles. The highest BCUT2D eigenvalue weighted by Crippen LogP contribution is 2.19. The van der Waals surface area contributed by atoms with E-state index in [2.05, 4.69) is 5.32 Å². The molecule has 2 aromatic carbocycles. The molecule has 0 fully saturated rings. The van der Waals surface area contributed by atoms with Crippen LogP contribution in [0.4, 0.5) is 5.69 Å². The minimum Gasteiger partial charge on any atom is -0.465 e. The van der Waals surface area contributed by atoms with Crippen LogP contribution >= 0.6 is 11.8 Å². The minimum absolute atomic E-state index is 0.172. The van der Waals surface area contributed by atoms with Crippen molar-refractivity contribution >= 4 is 35.3 Å². The van der Waals surface area contributed by atoms with Crippen LogP contribution in [0.2, 0.25) is 0 Å². The Morgan fingerprint density at radius 1 is 0.963 bits per heavy atom. The van der Waals surface area contributed by atoms with Gasteiger partial charge in [0, 0.05) is 11.4 Å². The van der Waals surface area contributed by atoms with Gasteiger partial charge in [-0.3, -0.25) is 4.79 Å². The Morgan fingerprint density at radius 2 is 1.63 bits per heavy atom. The van der Waals surface area contributed by atoms with Crippen molar-refractivity contribution in [1.29, 1.82) is 0 Å². The maximum Gasteiger partial charge on any atom is 0.337 e. The molecule has 1 N–H and O–H groups in total. The Bertz CT molecular complexity index is 850. The highest BCUT2D eigenvalue weighted by molar-refractivity contribution is 7.99. The number of hydrogen-bond donors (Lipinski definition) is 1. The third-order valence-corrected chi connectivity index (χ3v) is 4.79. The average Bonchev–Trinajstić information content (AvgIpc) is 2.68. The van der Waals surface area contributed by atoms with Gasteiger partial charge in [0.1, 0.15) is 0 Å². The Morgan fingerprint density at radius 3 is 2.30 bits per heavy atom. The van der Waals surface area contributed by atoms with Gasteiger partial charge < -0.3 is 14.8 Å². The minimum atomic E-state index is -0.453. The Kier molecular flexibility index (Phi) is 7.43. The summed E-state index contributed by atoms with van der Waals surface area (Å²) in [5, 5.41) is 2.81. The van der Waals surface area contributed by atoms with Crippen LogP contribution in [0, 0.1) is 6.92 Å². The molecule has 7 heteroatoms. The summed E-state index contributed by atoms with van der Waals surface area (Å²) in [5.41, 5.74) is 3.23. The van der Waals surface area contributed by atoms with Gasteiger partial charge in [-0.15, -0.1) is 11.8 Å². The number of anilines is 1. The molecule has 0 spiro atoms. The first-order valence-corrected chi connectivity index (χ1v) is 9.34. The van der Waals surface area contributed by atoms with Gasteiger partial charge in [-0.2, -0.15) is 0 Å². The number of amides is 1. The molecule has 0 radical (unpaired) electrons. The monoisotopic (exact) mass is 387 g/mol. The molecule has 6 nitrogen and oxygen atoms in total. The number of esters is 2. The summed E-state index contributed by atoms with van der Waals surface area (Å²) >= 11 is 1.43. The molecule has 0 saturated carbocycles. The number of hydrogen-bond acceptors (Lipinski definition) is 6. The average molecular weight is 387 g/mol. The first-order chi connectivity index (χ1) is 12.9. The number of rotatable bonds is 7. The molecule has 0 aliphatic rings. The lowest BCUT2D eigenvalue weighted by Gasteiger charge is -2.10. The van der Waals surface area contributed by atoms with E-state index < -0.39 is 5.97 Å². The summed E-state index contributed by atoms with van der Waals surface area (Å²) in [7, 11) is 2.65. The fraction of sp³-hybridized carbons (Fsp3) is 0.250. The van der Waals surface area contributed by atoms with Crippen LogP contribution < -0.4 is 5.32 Å². The molecule has 2 aromatic rings. The van der Waals surface area contributed by atoms with Crippen LogP contribution in [0.25, 0.3) is 0 Å². The second-order valence-electron chi connectivity index (χ2n) is 5.75. The highest BCUT2D eigenvalue weighted by Gasteiger charge is 2.11. The van der Waals surface area contributed by atoms with Gasteiger partial charge in [-0.25, -0.2) is 9.59 Å². The lowest BCUT2D eigenvalue weighted by Crippen LogP contribution is -2.15. The van der Waals surface area contributed by atoms with E-state index in [1.54, 1.807) is 36.4 Å². The van der Waals surface area contributed by atoms with Gasteiger partial charge in [0.05, 0.1) is 31.1 Å². The zero-order chi connectivity index (χ0) is 19.8. The molecule has 142 valence electrons. The fourth-order valence-electron chi connectivity index (χ4n) is 2.36. The van der Waals surface area contributed by atoms with Gasteiger partial charge in [-0.05, 0) is 42.3 Å². The number of benzene rings is 2. The summed E-state index contributed by atoms with van der Waals surface area (Å²) in [6.07, 6.45) is 0. The standard InChI is InChI=1S/C20H21NO5S/c1-13-7-8-16(20(24)26-3)10-17(13)21-18(22)12-27-11-14-5-4-6-15(9-14)19(23)25-2/h4-10H,11-12H2,1-3H3,(H,21,22). The van der Waals surface area contributed by atoms with Crippen molar-refractivity contribution in [3.63, 3.8) is 0 Å². The number of aryl methyl sites for hydroxylation is 1. The van der Waals surface area contributed by atoms with Crippen LogP contribution in [0.5, 0.6) is 0 Å². The number of carbonyl (C=O) groups excluding carboxylic acids is 3. The third-order valence-electron chi connectivity index (χ3n) is 3.78. The molecular weight excluding hydrogens is 366 g/mol. The van der Waals surface area contributed by atoms with Crippen molar-refractivity contribution in [3.05, 3.63) is 64.7 Å². The molecule has 0 heterocycles. The van der Waals surface area contributed by atoms with Crippen LogP contribution in [0.3, 0.4) is 0 Å². The van der Waals surface area contributed by atoms with E-state index in [9.17, 15) is 14.4 Å². The maximum absolute atomic E-state index is 12.2. The second kappa shape index (κ2) is 9.78. The number of ether oxygens (including phenoxy) is 2. The summed E-state index contributed by atoms with van der Waals surface area (Å²) in [6, 6.07) is 12.1. The molecule has 0 unspecified atom stereocenters. The van der Waals surface area contributed by atoms with Crippen LogP contribution in [-0.2, 0) is 20.0 Å². The van der Waals surface area contributed by atoms with Crippen molar-refractivity contribution < 1.29 is 23.9 Å². The zero-order valence-electron chi connectivity index (χ0n) is 15.4. The van der Waals surface area contributed by atoms with E-state index in [1.165, 1.54) is 26.0 Å². The van der Waals surface area contributed by atoms with Crippen LogP contribution in [0.15, 0.2) is 42.5 Å². The van der Waals surface area contributed by atoms with Gasteiger partial charge >= 0.3 is 11.9 Å². The number of nitrogens with one attached hydrogen (secondary N) is 1. The van der Waals surface area contributed by atoms with Crippen molar-refractivity contribution in [2.24, 2.45) is 0 Å². The lowest BCUT2D eigenvalue weighted by atomic mass is 10.1. The predicted molar refractivity (Wildman–Crippen MR) is 105 cm³/mol. The number of methoxy groups -OCH3 is 2. The molecule has 2 rings (SSSR count). The quantitative estimate of drug-likeness (QED) is 0.733. The Balaban J connectivity index is 1.92. The lowest BCUT2D eigenvalue weighted by molar-refractivity contribution is -0.113. The topological polar surface area (TPSA) is 81.7 Å². The van der Waals surface area contributed by atoms with E-state index >= 15 is 0 Å². The van der Waals surface area contributed by atoms with Crippen molar-refractivity contribution in [2.45, 2.75) is 12.7 Å². The molecule has 0 bridgehead atoms. The fourth-order valence-corrected chi connectivity index (χ4v) is 3.13. The molecule has 27 heavy (non-hydrogen) atoms. The maximum atomic E-state index is 12.2. The van der Waals surface area contributed by atoms with E-state index in [4.69, 9.17) is 9.47 Å². The molecule has 0 saturated heterocycles.